The fourth-order valence-electron chi connectivity index (χ4n) is 3.84. The van der Waals surface area contributed by atoms with E-state index in [4.69, 9.17) is 5.73 Å². The maximum atomic E-state index is 13.0. The molecule has 0 radical (unpaired) electrons. The first-order valence-electron chi connectivity index (χ1n) is 7.94. The largest absolute Gasteiger partial charge is 0.326 e. The second-order valence-electron chi connectivity index (χ2n) is 6.32. The lowest BCUT2D eigenvalue weighted by atomic mass is 9.86. The van der Waals surface area contributed by atoms with Crippen LogP contribution < -0.4 is 5.73 Å². The van der Waals surface area contributed by atoms with E-state index in [0.29, 0.717) is 11.1 Å². The number of carbonyl (C=O) groups is 2. The number of rotatable bonds is 1. The van der Waals surface area contributed by atoms with E-state index in [1.165, 1.54) is 4.90 Å². The molecule has 1 aliphatic carbocycles. The monoisotopic (exact) mass is 372 g/mol. The summed E-state index contributed by atoms with van der Waals surface area (Å²) in [4.78, 5) is 27.4. The van der Waals surface area contributed by atoms with Gasteiger partial charge in [0.15, 0.2) is 0 Å². The first kappa shape index (κ1) is 14.8. The van der Waals surface area contributed by atoms with Gasteiger partial charge < -0.3 is 5.73 Å². The first-order valence-corrected chi connectivity index (χ1v) is 8.73. The molecule has 2 amide bonds. The molecule has 0 spiro atoms. The lowest BCUT2D eigenvalue weighted by Crippen LogP contribution is -2.55. The van der Waals surface area contributed by atoms with Crippen LogP contribution in [-0.4, -0.2) is 28.8 Å². The van der Waals surface area contributed by atoms with Gasteiger partial charge in [-0.25, -0.2) is 0 Å². The lowest BCUT2D eigenvalue weighted by Gasteiger charge is -2.39. The standard InChI is InChI=1S/C18H17BrN2O2/c19-13-9-8-12-16-10(13)4-3-5-11(16)17(22)21(18(12)23)15-7-2-1-6-14(15)20/h3-5,8-9,14-15H,1-2,6-7,20H2/t14-,15-/m1/s1. The van der Waals surface area contributed by atoms with Gasteiger partial charge in [-0.05, 0) is 36.4 Å². The molecule has 0 saturated heterocycles. The van der Waals surface area contributed by atoms with Gasteiger partial charge in [0.25, 0.3) is 11.8 Å². The molecule has 23 heavy (non-hydrogen) atoms. The molecular formula is C18H17BrN2O2. The van der Waals surface area contributed by atoms with E-state index >= 15 is 0 Å². The summed E-state index contributed by atoms with van der Waals surface area (Å²) in [5, 5.41) is 1.65. The van der Waals surface area contributed by atoms with E-state index in [9.17, 15) is 9.59 Å². The number of hydrogen-bond acceptors (Lipinski definition) is 3. The van der Waals surface area contributed by atoms with Crippen LogP contribution in [0.15, 0.2) is 34.8 Å². The van der Waals surface area contributed by atoms with Crippen molar-refractivity contribution in [3.63, 3.8) is 0 Å². The first-order chi connectivity index (χ1) is 11.1. The normalized spacial score (nSPS) is 24.3. The fraction of sp³-hybridized carbons (Fsp3) is 0.333. The Balaban J connectivity index is 1.90. The minimum Gasteiger partial charge on any atom is -0.326 e. The lowest BCUT2D eigenvalue weighted by molar-refractivity contribution is 0.0479. The average Bonchev–Trinajstić information content (AvgIpc) is 2.56. The van der Waals surface area contributed by atoms with E-state index < -0.39 is 0 Å². The summed E-state index contributed by atoms with van der Waals surface area (Å²) in [6, 6.07) is 8.92. The van der Waals surface area contributed by atoms with E-state index in [2.05, 4.69) is 15.9 Å². The molecule has 1 saturated carbocycles. The molecular weight excluding hydrogens is 356 g/mol. The number of hydrogen-bond donors (Lipinski definition) is 1. The zero-order valence-electron chi connectivity index (χ0n) is 12.6. The van der Waals surface area contributed by atoms with Crippen LogP contribution in [0.4, 0.5) is 0 Å². The van der Waals surface area contributed by atoms with Gasteiger partial charge >= 0.3 is 0 Å². The molecule has 1 heterocycles. The molecule has 118 valence electrons. The van der Waals surface area contributed by atoms with E-state index in [1.54, 1.807) is 12.1 Å². The van der Waals surface area contributed by atoms with Gasteiger partial charge in [0, 0.05) is 27.0 Å². The number of nitrogens with zero attached hydrogens (tertiary/aromatic N) is 1. The molecule has 5 heteroatoms. The Hall–Kier alpha value is -1.72. The third-order valence-corrected chi connectivity index (χ3v) is 5.69. The van der Waals surface area contributed by atoms with Crippen molar-refractivity contribution in [2.24, 2.45) is 5.73 Å². The van der Waals surface area contributed by atoms with Crippen LogP contribution in [0.1, 0.15) is 46.4 Å². The number of carbonyl (C=O) groups excluding carboxylic acids is 2. The predicted molar refractivity (Wildman–Crippen MR) is 92.4 cm³/mol. The molecule has 0 bridgehead atoms. The van der Waals surface area contributed by atoms with Crippen molar-refractivity contribution in [3.05, 3.63) is 45.9 Å². The Morgan fingerprint density at radius 2 is 1.70 bits per heavy atom. The number of halogens is 1. The summed E-state index contributed by atoms with van der Waals surface area (Å²) in [6.07, 6.45) is 3.72. The molecule has 2 atom stereocenters. The summed E-state index contributed by atoms with van der Waals surface area (Å²) in [7, 11) is 0. The summed E-state index contributed by atoms with van der Waals surface area (Å²) in [5.41, 5.74) is 7.41. The van der Waals surface area contributed by atoms with Crippen molar-refractivity contribution in [2.45, 2.75) is 37.8 Å². The van der Waals surface area contributed by atoms with Crippen LogP contribution in [0.2, 0.25) is 0 Å². The number of benzene rings is 2. The average molecular weight is 373 g/mol. The molecule has 2 N–H and O–H groups in total. The van der Waals surface area contributed by atoms with Crippen LogP contribution in [0.5, 0.6) is 0 Å². The van der Waals surface area contributed by atoms with Crippen molar-refractivity contribution in [1.29, 1.82) is 0 Å². The zero-order valence-corrected chi connectivity index (χ0v) is 14.2. The SMILES string of the molecule is N[C@@H]1CCCC[C@H]1N1C(=O)c2cccc3c(Br)ccc(c23)C1=O. The second kappa shape index (κ2) is 5.42. The fourth-order valence-corrected chi connectivity index (χ4v) is 4.30. The molecule has 2 aromatic rings. The van der Waals surface area contributed by atoms with E-state index in [1.807, 2.05) is 18.2 Å². The van der Waals surface area contributed by atoms with Crippen LogP contribution in [0.3, 0.4) is 0 Å². The highest BCUT2D eigenvalue weighted by atomic mass is 79.9. The molecule has 2 aromatic carbocycles. The minimum absolute atomic E-state index is 0.132. The third kappa shape index (κ3) is 2.14. The van der Waals surface area contributed by atoms with Crippen LogP contribution in [-0.2, 0) is 0 Å². The van der Waals surface area contributed by atoms with E-state index in [0.717, 1.165) is 40.9 Å². The number of amides is 2. The van der Waals surface area contributed by atoms with Crippen molar-refractivity contribution >= 4 is 38.5 Å². The van der Waals surface area contributed by atoms with Crippen molar-refractivity contribution in [3.8, 4) is 0 Å². The highest BCUT2D eigenvalue weighted by Crippen LogP contribution is 2.36. The van der Waals surface area contributed by atoms with Gasteiger partial charge in [0.1, 0.15) is 0 Å². The minimum atomic E-state index is -0.214. The van der Waals surface area contributed by atoms with Crippen molar-refractivity contribution in [2.75, 3.05) is 0 Å². The predicted octanol–water partition coefficient (Wildman–Crippen LogP) is 3.47. The molecule has 1 fully saturated rings. The zero-order chi connectivity index (χ0) is 16.1. The molecule has 4 nitrogen and oxygen atoms in total. The van der Waals surface area contributed by atoms with Gasteiger partial charge in [-0.3, -0.25) is 14.5 Å². The van der Waals surface area contributed by atoms with Gasteiger partial charge in [-0.1, -0.05) is 40.9 Å². The maximum absolute atomic E-state index is 13.0. The molecule has 2 aliphatic rings. The van der Waals surface area contributed by atoms with Crippen LogP contribution in [0.25, 0.3) is 10.8 Å². The van der Waals surface area contributed by atoms with Crippen LogP contribution in [0, 0.1) is 0 Å². The summed E-state index contributed by atoms with van der Waals surface area (Å²) in [5.74, 6) is -0.429. The Kier molecular flexibility index (Phi) is 3.50. The van der Waals surface area contributed by atoms with Gasteiger partial charge in [0.2, 0.25) is 0 Å². The van der Waals surface area contributed by atoms with Gasteiger partial charge in [-0.15, -0.1) is 0 Å². The smallest absolute Gasteiger partial charge is 0.261 e. The number of nitrogens with two attached hydrogens (primary N) is 1. The highest BCUT2D eigenvalue weighted by Gasteiger charge is 2.40. The summed E-state index contributed by atoms with van der Waals surface area (Å²) in [6.45, 7) is 0. The number of imide groups is 1. The molecule has 1 aliphatic heterocycles. The Bertz CT molecular complexity index is 811. The maximum Gasteiger partial charge on any atom is 0.261 e. The van der Waals surface area contributed by atoms with Crippen molar-refractivity contribution < 1.29 is 9.59 Å². The Morgan fingerprint density at radius 1 is 1.00 bits per heavy atom. The Morgan fingerprint density at radius 3 is 2.43 bits per heavy atom. The summed E-state index contributed by atoms with van der Waals surface area (Å²) < 4.78 is 0.890. The van der Waals surface area contributed by atoms with Crippen molar-refractivity contribution in [1.82, 2.24) is 4.90 Å². The van der Waals surface area contributed by atoms with Gasteiger partial charge in [0.05, 0.1) is 6.04 Å². The third-order valence-electron chi connectivity index (χ3n) is 5.00. The molecule has 0 aromatic heterocycles. The van der Waals surface area contributed by atoms with Crippen LogP contribution >= 0.6 is 15.9 Å². The second-order valence-corrected chi connectivity index (χ2v) is 7.17. The highest BCUT2D eigenvalue weighted by molar-refractivity contribution is 9.10. The molecule has 0 unspecified atom stereocenters. The summed E-state index contributed by atoms with van der Waals surface area (Å²) >= 11 is 3.50. The Labute approximate surface area is 142 Å². The van der Waals surface area contributed by atoms with E-state index in [-0.39, 0.29) is 23.9 Å². The topological polar surface area (TPSA) is 63.4 Å². The van der Waals surface area contributed by atoms with Gasteiger partial charge in [-0.2, -0.15) is 0 Å². The quantitative estimate of drug-likeness (QED) is 0.779. The molecule has 4 rings (SSSR count).